The molecule has 1 aliphatic rings. The molecule has 0 saturated carbocycles. The van der Waals surface area contributed by atoms with Crippen molar-refractivity contribution in [1.82, 2.24) is 24.3 Å². The molecule has 3 aromatic rings. The number of pyridine rings is 1. The summed E-state index contributed by atoms with van der Waals surface area (Å²) < 4.78 is 4.27. The SMILES string of the molecule is C=CCn1c(SCC(=O)c2cc(C)n(CCC3=CCCCC3)c2C)nnc1-c1ccncc1. The van der Waals surface area contributed by atoms with Crippen LogP contribution < -0.4 is 0 Å². The summed E-state index contributed by atoms with van der Waals surface area (Å²) in [4.78, 5) is 17.2. The Bertz CT molecular complexity index is 1160. The molecule has 3 aromatic heterocycles. The molecule has 7 heteroatoms. The normalized spacial score (nSPS) is 13.7. The van der Waals surface area contributed by atoms with E-state index in [-0.39, 0.29) is 5.78 Å². The first-order chi connectivity index (χ1) is 16.1. The number of allylic oxidation sites excluding steroid dienone is 3. The fourth-order valence-corrected chi connectivity index (χ4v) is 5.26. The van der Waals surface area contributed by atoms with Gasteiger partial charge in [-0.2, -0.15) is 0 Å². The van der Waals surface area contributed by atoms with Crippen LogP contribution in [0.15, 0.2) is 60.1 Å². The van der Waals surface area contributed by atoms with Crippen molar-refractivity contribution in [3.63, 3.8) is 0 Å². The number of carbonyl (C=O) groups is 1. The van der Waals surface area contributed by atoms with Crippen molar-refractivity contribution >= 4 is 17.5 Å². The van der Waals surface area contributed by atoms with Crippen molar-refractivity contribution in [3.05, 3.63) is 71.8 Å². The molecule has 0 unspecified atom stereocenters. The highest BCUT2D eigenvalue weighted by molar-refractivity contribution is 7.99. The van der Waals surface area contributed by atoms with Crippen molar-refractivity contribution in [1.29, 1.82) is 0 Å². The third-order valence-corrected chi connectivity index (χ3v) is 7.18. The van der Waals surface area contributed by atoms with Gasteiger partial charge in [0.05, 0.1) is 5.75 Å². The minimum absolute atomic E-state index is 0.120. The van der Waals surface area contributed by atoms with E-state index in [0.29, 0.717) is 17.5 Å². The van der Waals surface area contributed by atoms with Crippen molar-refractivity contribution in [2.75, 3.05) is 5.75 Å². The number of Topliss-reactive ketones (excluding diaryl/α,β-unsaturated/α-hetero) is 1. The second-order valence-electron chi connectivity index (χ2n) is 8.45. The standard InChI is InChI=1S/C26H31N5OS/c1-4-15-31-25(22-10-13-27-14-11-22)28-29-26(31)33-18-24(32)23-17-19(2)30(20(23)3)16-12-21-8-6-5-7-9-21/h4,8,10-11,13-14,17H,1,5-7,9,12,15-16,18H2,2-3H3. The Morgan fingerprint density at radius 2 is 2.00 bits per heavy atom. The molecule has 6 nitrogen and oxygen atoms in total. The van der Waals surface area contributed by atoms with Gasteiger partial charge in [-0.25, -0.2) is 0 Å². The number of aromatic nitrogens is 5. The average Bonchev–Trinajstić information content (AvgIpc) is 3.37. The van der Waals surface area contributed by atoms with E-state index in [1.807, 2.05) is 28.8 Å². The minimum Gasteiger partial charge on any atom is -0.348 e. The summed E-state index contributed by atoms with van der Waals surface area (Å²) in [6.07, 6.45) is 13.8. The fourth-order valence-electron chi connectivity index (χ4n) is 4.43. The first kappa shape index (κ1) is 23.2. The van der Waals surface area contributed by atoms with Gasteiger partial charge in [-0.05, 0) is 64.2 Å². The molecular formula is C26H31N5OS. The zero-order valence-electron chi connectivity index (χ0n) is 19.5. The zero-order valence-corrected chi connectivity index (χ0v) is 20.3. The van der Waals surface area contributed by atoms with Crippen LogP contribution in [0.25, 0.3) is 11.4 Å². The van der Waals surface area contributed by atoms with Gasteiger partial charge in [0.1, 0.15) is 0 Å². The van der Waals surface area contributed by atoms with E-state index >= 15 is 0 Å². The number of nitrogens with zero attached hydrogens (tertiary/aromatic N) is 5. The van der Waals surface area contributed by atoms with E-state index in [2.05, 4.69) is 46.3 Å². The van der Waals surface area contributed by atoms with Gasteiger partial charge in [-0.15, -0.1) is 16.8 Å². The third-order valence-electron chi connectivity index (χ3n) is 6.21. The van der Waals surface area contributed by atoms with Gasteiger partial charge >= 0.3 is 0 Å². The van der Waals surface area contributed by atoms with Gasteiger partial charge in [0.25, 0.3) is 0 Å². The van der Waals surface area contributed by atoms with Gasteiger partial charge in [0, 0.05) is 48.0 Å². The van der Waals surface area contributed by atoms with Crippen molar-refractivity contribution in [2.45, 2.75) is 64.2 Å². The molecule has 0 N–H and O–H groups in total. The lowest BCUT2D eigenvalue weighted by molar-refractivity contribution is 0.102. The maximum atomic E-state index is 13.1. The summed E-state index contributed by atoms with van der Waals surface area (Å²) >= 11 is 1.42. The number of thioether (sulfide) groups is 1. The topological polar surface area (TPSA) is 65.6 Å². The third kappa shape index (κ3) is 5.36. The Kier molecular flexibility index (Phi) is 7.60. The number of ketones is 1. The van der Waals surface area contributed by atoms with Crippen molar-refractivity contribution in [2.24, 2.45) is 0 Å². The van der Waals surface area contributed by atoms with Gasteiger partial charge in [0.15, 0.2) is 16.8 Å². The quantitative estimate of drug-likeness (QED) is 0.217. The van der Waals surface area contributed by atoms with Gasteiger partial charge < -0.3 is 4.57 Å². The molecule has 0 amide bonds. The Morgan fingerprint density at radius 3 is 2.73 bits per heavy atom. The van der Waals surface area contributed by atoms with E-state index in [0.717, 1.165) is 41.3 Å². The zero-order chi connectivity index (χ0) is 23.2. The van der Waals surface area contributed by atoms with Crippen LogP contribution in [0.2, 0.25) is 0 Å². The maximum absolute atomic E-state index is 13.1. The lowest BCUT2D eigenvalue weighted by atomic mass is 9.97. The maximum Gasteiger partial charge on any atom is 0.192 e. The summed E-state index contributed by atoms with van der Waals surface area (Å²) in [5.41, 5.74) is 5.51. The predicted molar refractivity (Wildman–Crippen MR) is 134 cm³/mol. The van der Waals surface area contributed by atoms with E-state index < -0.39 is 0 Å². The van der Waals surface area contributed by atoms with Crippen LogP contribution in [0.4, 0.5) is 0 Å². The molecule has 0 bridgehead atoms. The van der Waals surface area contributed by atoms with Crippen LogP contribution >= 0.6 is 11.8 Å². The van der Waals surface area contributed by atoms with Crippen LogP contribution in [0.1, 0.15) is 53.8 Å². The van der Waals surface area contributed by atoms with Crippen LogP contribution in [0, 0.1) is 13.8 Å². The monoisotopic (exact) mass is 461 g/mol. The number of hydrogen-bond donors (Lipinski definition) is 0. The molecule has 172 valence electrons. The highest BCUT2D eigenvalue weighted by atomic mass is 32.2. The highest BCUT2D eigenvalue weighted by Gasteiger charge is 2.19. The fraction of sp³-hybridized carbons (Fsp3) is 0.385. The Hall–Kier alpha value is -2.93. The average molecular weight is 462 g/mol. The van der Waals surface area contributed by atoms with Crippen LogP contribution in [-0.4, -0.2) is 35.9 Å². The molecule has 0 atom stereocenters. The molecule has 0 fully saturated rings. The molecule has 0 saturated heterocycles. The van der Waals surface area contributed by atoms with Gasteiger partial charge in [-0.3, -0.25) is 14.3 Å². The number of rotatable bonds is 10. The molecule has 4 rings (SSSR count). The first-order valence-corrected chi connectivity index (χ1v) is 12.5. The molecule has 0 spiro atoms. The lowest BCUT2D eigenvalue weighted by Gasteiger charge is -2.15. The van der Waals surface area contributed by atoms with E-state index in [1.165, 1.54) is 37.4 Å². The molecule has 0 aromatic carbocycles. The largest absolute Gasteiger partial charge is 0.348 e. The van der Waals surface area contributed by atoms with E-state index in [9.17, 15) is 4.79 Å². The second kappa shape index (κ2) is 10.8. The van der Waals surface area contributed by atoms with E-state index in [1.54, 1.807) is 18.0 Å². The van der Waals surface area contributed by atoms with E-state index in [4.69, 9.17) is 0 Å². The van der Waals surface area contributed by atoms with Crippen LogP contribution in [0.3, 0.4) is 0 Å². The number of hydrogen-bond acceptors (Lipinski definition) is 5. The van der Waals surface area contributed by atoms with Crippen molar-refractivity contribution in [3.8, 4) is 11.4 Å². The summed E-state index contributed by atoms with van der Waals surface area (Å²) in [5.74, 6) is 1.19. The minimum atomic E-state index is 0.120. The molecular weight excluding hydrogens is 430 g/mol. The molecule has 1 aliphatic carbocycles. The summed E-state index contributed by atoms with van der Waals surface area (Å²) in [6.45, 7) is 9.52. The second-order valence-corrected chi connectivity index (χ2v) is 9.39. The Balaban J connectivity index is 1.45. The Labute approximate surface area is 199 Å². The first-order valence-electron chi connectivity index (χ1n) is 11.5. The molecule has 33 heavy (non-hydrogen) atoms. The van der Waals surface area contributed by atoms with Gasteiger partial charge in [0.2, 0.25) is 0 Å². The summed E-state index contributed by atoms with van der Waals surface area (Å²) in [6, 6.07) is 5.84. The number of carbonyl (C=O) groups excluding carboxylic acids is 1. The summed E-state index contributed by atoms with van der Waals surface area (Å²) in [7, 11) is 0. The predicted octanol–water partition coefficient (Wildman–Crippen LogP) is 5.81. The Morgan fingerprint density at radius 1 is 1.18 bits per heavy atom. The molecule has 3 heterocycles. The lowest BCUT2D eigenvalue weighted by Crippen LogP contribution is -2.09. The summed E-state index contributed by atoms with van der Waals surface area (Å²) in [5, 5.41) is 9.42. The van der Waals surface area contributed by atoms with Crippen LogP contribution in [-0.2, 0) is 13.1 Å². The highest BCUT2D eigenvalue weighted by Crippen LogP contribution is 2.26. The van der Waals surface area contributed by atoms with Gasteiger partial charge in [-0.1, -0.05) is 29.5 Å². The van der Waals surface area contributed by atoms with Crippen LogP contribution in [0.5, 0.6) is 0 Å². The molecule has 0 aliphatic heterocycles. The smallest absolute Gasteiger partial charge is 0.192 e. The number of aryl methyl sites for hydroxylation is 1. The van der Waals surface area contributed by atoms with Crippen molar-refractivity contribution < 1.29 is 4.79 Å². The molecule has 0 radical (unpaired) electrons.